The summed E-state index contributed by atoms with van der Waals surface area (Å²) in [6.45, 7) is 5.07. The molecule has 0 amide bonds. The summed E-state index contributed by atoms with van der Waals surface area (Å²) >= 11 is 1.35. The highest BCUT2D eigenvalue weighted by Crippen LogP contribution is 2.43. The molecular weight excluding hydrogens is 507 g/mol. The van der Waals surface area contributed by atoms with Crippen molar-refractivity contribution in [2.24, 2.45) is 10.4 Å². The Hall–Kier alpha value is -0.390. The smallest absolute Gasteiger partial charge is 0.252 e. The highest BCUT2D eigenvalue weighted by atomic mass is 127. The lowest BCUT2D eigenvalue weighted by Crippen LogP contribution is -2.45. The van der Waals surface area contributed by atoms with Gasteiger partial charge >= 0.3 is 0 Å². The maximum atomic E-state index is 12.8. The average molecular weight is 541 g/mol. The zero-order chi connectivity index (χ0) is 19.3. The van der Waals surface area contributed by atoms with Crippen LogP contribution < -0.4 is 10.6 Å². The van der Waals surface area contributed by atoms with E-state index in [0.717, 1.165) is 36.6 Å². The number of guanidine groups is 1. The molecule has 3 rings (SSSR count). The van der Waals surface area contributed by atoms with Crippen molar-refractivity contribution in [1.29, 1.82) is 0 Å². The first kappa shape index (κ1) is 23.9. The van der Waals surface area contributed by atoms with Crippen LogP contribution in [0.15, 0.2) is 21.3 Å². The maximum Gasteiger partial charge on any atom is 0.252 e. The van der Waals surface area contributed by atoms with Gasteiger partial charge in [-0.1, -0.05) is 19.8 Å². The summed E-state index contributed by atoms with van der Waals surface area (Å²) in [7, 11) is -1.56. The number of nitrogens with one attached hydrogen (secondary N) is 2. The highest BCUT2D eigenvalue weighted by molar-refractivity contribution is 14.0. The second kappa shape index (κ2) is 10.6. The topological polar surface area (TPSA) is 73.8 Å². The molecule has 0 spiro atoms. The fourth-order valence-corrected chi connectivity index (χ4v) is 6.79. The normalized spacial score (nSPS) is 20.1. The van der Waals surface area contributed by atoms with Crippen LogP contribution in [0.1, 0.15) is 56.7 Å². The summed E-state index contributed by atoms with van der Waals surface area (Å²) in [6.07, 6.45) is 8.13. The second-order valence-electron chi connectivity index (χ2n) is 7.67. The zero-order valence-corrected chi connectivity index (χ0v) is 20.8. The van der Waals surface area contributed by atoms with Crippen LogP contribution in [0.5, 0.6) is 0 Å². The number of sulfonamides is 1. The van der Waals surface area contributed by atoms with Crippen molar-refractivity contribution in [2.75, 3.05) is 26.7 Å². The lowest BCUT2D eigenvalue weighted by Gasteiger charge is -2.41. The first-order chi connectivity index (χ1) is 13.0. The van der Waals surface area contributed by atoms with Gasteiger partial charge in [0.25, 0.3) is 10.0 Å². The van der Waals surface area contributed by atoms with E-state index in [1.807, 2.05) is 6.07 Å². The molecular formula is C19H33IN4O2S2. The van der Waals surface area contributed by atoms with Crippen LogP contribution in [-0.4, -0.2) is 45.4 Å². The van der Waals surface area contributed by atoms with Crippen LogP contribution in [-0.2, 0) is 16.6 Å². The van der Waals surface area contributed by atoms with Crippen molar-refractivity contribution in [2.45, 2.75) is 62.6 Å². The predicted molar refractivity (Wildman–Crippen MR) is 127 cm³/mol. The van der Waals surface area contributed by atoms with Gasteiger partial charge in [0.2, 0.25) is 0 Å². The quantitative estimate of drug-likeness (QED) is 0.314. The van der Waals surface area contributed by atoms with Gasteiger partial charge in [-0.25, -0.2) is 8.42 Å². The number of aliphatic imine (C=N–C) groups is 1. The summed E-state index contributed by atoms with van der Waals surface area (Å²) in [5, 5.41) is 6.75. The summed E-state index contributed by atoms with van der Waals surface area (Å²) in [5.74, 6) is 0.781. The maximum absolute atomic E-state index is 12.8. The summed E-state index contributed by atoms with van der Waals surface area (Å²) in [4.78, 5) is 5.30. The Morgan fingerprint density at radius 2 is 1.89 bits per heavy atom. The number of thiophene rings is 1. The van der Waals surface area contributed by atoms with E-state index >= 15 is 0 Å². The van der Waals surface area contributed by atoms with Crippen LogP contribution in [0.3, 0.4) is 0 Å². The molecule has 2 aliphatic rings. The molecule has 0 unspecified atom stereocenters. The summed E-state index contributed by atoms with van der Waals surface area (Å²) in [5.41, 5.74) is 0.427. The van der Waals surface area contributed by atoms with Crippen molar-refractivity contribution in [3.05, 3.63) is 17.0 Å². The minimum Gasteiger partial charge on any atom is -0.356 e. The number of piperidine rings is 1. The van der Waals surface area contributed by atoms with E-state index in [2.05, 4.69) is 22.5 Å². The van der Waals surface area contributed by atoms with E-state index in [1.165, 1.54) is 37.0 Å². The van der Waals surface area contributed by atoms with Gasteiger partial charge in [-0.05, 0) is 49.7 Å². The molecule has 1 aliphatic carbocycles. The van der Waals surface area contributed by atoms with Crippen LogP contribution in [0.25, 0.3) is 0 Å². The Kier molecular flexibility index (Phi) is 9.03. The minimum atomic E-state index is -3.34. The molecule has 2 N–H and O–H groups in total. The van der Waals surface area contributed by atoms with E-state index < -0.39 is 10.0 Å². The Bertz CT molecular complexity index is 748. The molecule has 1 aromatic heterocycles. The van der Waals surface area contributed by atoms with Gasteiger partial charge in [0.05, 0.1) is 6.54 Å². The van der Waals surface area contributed by atoms with E-state index in [1.54, 1.807) is 17.4 Å². The number of hydrogen-bond donors (Lipinski definition) is 2. The molecule has 28 heavy (non-hydrogen) atoms. The van der Waals surface area contributed by atoms with Gasteiger partial charge < -0.3 is 10.6 Å². The van der Waals surface area contributed by atoms with E-state index in [4.69, 9.17) is 0 Å². The minimum absolute atomic E-state index is 0. The van der Waals surface area contributed by atoms with Gasteiger partial charge in [0.1, 0.15) is 4.21 Å². The molecule has 0 bridgehead atoms. The predicted octanol–water partition coefficient (Wildman–Crippen LogP) is 3.79. The first-order valence-corrected chi connectivity index (χ1v) is 12.3. The number of rotatable bonds is 7. The SMILES string of the molecule is CCC1(CNC(=NC)NCc2ccc(S(=O)(=O)N3CCCCC3)s2)CCC1.I. The van der Waals surface area contributed by atoms with E-state index in [-0.39, 0.29) is 24.0 Å². The average Bonchev–Trinajstić information content (AvgIpc) is 3.14. The van der Waals surface area contributed by atoms with Crippen molar-refractivity contribution < 1.29 is 8.42 Å². The number of hydrogen-bond acceptors (Lipinski definition) is 4. The molecule has 2 fully saturated rings. The molecule has 0 atom stereocenters. The Morgan fingerprint density at radius 3 is 2.46 bits per heavy atom. The monoisotopic (exact) mass is 540 g/mol. The summed E-state index contributed by atoms with van der Waals surface area (Å²) < 4.78 is 27.6. The molecule has 1 aromatic rings. The molecule has 1 aliphatic heterocycles. The molecule has 0 aromatic carbocycles. The van der Waals surface area contributed by atoms with Gasteiger partial charge in [-0.2, -0.15) is 4.31 Å². The lowest BCUT2D eigenvalue weighted by molar-refractivity contribution is 0.131. The lowest BCUT2D eigenvalue weighted by atomic mass is 9.67. The third kappa shape index (κ3) is 5.60. The second-order valence-corrected chi connectivity index (χ2v) is 11.0. The molecule has 1 saturated heterocycles. The van der Waals surface area contributed by atoms with Crippen molar-refractivity contribution >= 4 is 51.3 Å². The fraction of sp³-hybridized carbons (Fsp3) is 0.737. The van der Waals surface area contributed by atoms with Gasteiger partial charge in [0.15, 0.2) is 5.96 Å². The molecule has 2 heterocycles. The molecule has 0 radical (unpaired) electrons. The van der Waals surface area contributed by atoms with Crippen LogP contribution in [0, 0.1) is 5.41 Å². The van der Waals surface area contributed by atoms with Crippen LogP contribution >= 0.6 is 35.3 Å². The largest absolute Gasteiger partial charge is 0.356 e. The van der Waals surface area contributed by atoms with Crippen LogP contribution in [0.2, 0.25) is 0 Å². The Morgan fingerprint density at radius 1 is 1.18 bits per heavy atom. The zero-order valence-electron chi connectivity index (χ0n) is 16.9. The van der Waals surface area contributed by atoms with Crippen molar-refractivity contribution in [3.63, 3.8) is 0 Å². The van der Waals surface area contributed by atoms with Gasteiger partial charge in [0, 0.05) is 31.6 Å². The van der Waals surface area contributed by atoms with Crippen molar-refractivity contribution in [1.82, 2.24) is 14.9 Å². The number of nitrogens with zero attached hydrogens (tertiary/aromatic N) is 2. The fourth-order valence-electron chi connectivity index (χ4n) is 3.82. The van der Waals surface area contributed by atoms with Crippen molar-refractivity contribution in [3.8, 4) is 0 Å². The third-order valence-electron chi connectivity index (χ3n) is 5.99. The number of halogens is 1. The van der Waals surface area contributed by atoms with Gasteiger partial charge in [-0.3, -0.25) is 4.99 Å². The van der Waals surface area contributed by atoms with Gasteiger partial charge in [-0.15, -0.1) is 35.3 Å². The third-order valence-corrected chi connectivity index (χ3v) is 9.45. The van der Waals surface area contributed by atoms with E-state index in [0.29, 0.717) is 29.3 Å². The van der Waals surface area contributed by atoms with E-state index in [9.17, 15) is 8.42 Å². The Labute approximate surface area is 190 Å². The summed E-state index contributed by atoms with van der Waals surface area (Å²) in [6, 6.07) is 3.64. The Balaban J connectivity index is 0.00000280. The standard InChI is InChI=1S/C19H32N4O2S2.HI/c1-3-19(10-7-11-19)15-22-18(20-2)21-14-16-8-9-17(26-16)27(24,25)23-12-5-4-6-13-23;/h8-9H,3-7,10-15H2,1-2H3,(H2,20,21,22);1H. The first-order valence-electron chi connectivity index (χ1n) is 10.0. The molecule has 9 heteroatoms. The van der Waals surface area contributed by atoms with Crippen LogP contribution in [0.4, 0.5) is 0 Å². The highest BCUT2D eigenvalue weighted by Gasteiger charge is 2.35. The molecule has 160 valence electrons. The molecule has 6 nitrogen and oxygen atoms in total. The molecule has 1 saturated carbocycles.